The van der Waals surface area contributed by atoms with Crippen molar-refractivity contribution in [2.75, 3.05) is 0 Å². The average molecular weight is 442 g/mol. The highest BCUT2D eigenvalue weighted by molar-refractivity contribution is 6.00. The highest BCUT2D eigenvalue weighted by Gasteiger charge is 2.19. The van der Waals surface area contributed by atoms with E-state index < -0.39 is 0 Å². The van der Waals surface area contributed by atoms with Crippen LogP contribution in [0.15, 0.2) is 61.2 Å². The molecule has 162 valence electrons. The monoisotopic (exact) mass is 442 g/mol. The molecule has 2 aliphatic rings. The molecule has 0 fully saturated rings. The molecule has 2 aliphatic heterocycles. The Balaban J connectivity index is 1.64. The standard InChI is InChI=1S/C26H18N8/c1-2-16-12-18-4-6-20(33-18)14-22-24(26-29-9-10-30-26)23(25-27-7-8-28-25)21(34-22)13-19-5-3-17(32-19)11-15(1)31-16/h1-14,31,34H,(H,27,28)(H,29,30). The van der Waals surface area contributed by atoms with Crippen molar-refractivity contribution in [1.82, 2.24) is 39.9 Å². The van der Waals surface area contributed by atoms with Crippen molar-refractivity contribution in [2.24, 2.45) is 0 Å². The molecule has 34 heavy (non-hydrogen) atoms. The van der Waals surface area contributed by atoms with Crippen LogP contribution < -0.4 is 0 Å². The van der Waals surface area contributed by atoms with Gasteiger partial charge in [-0.2, -0.15) is 0 Å². The zero-order chi connectivity index (χ0) is 22.5. The lowest BCUT2D eigenvalue weighted by Crippen LogP contribution is -1.86. The van der Waals surface area contributed by atoms with Crippen LogP contribution >= 0.6 is 0 Å². The molecule has 8 heteroatoms. The summed E-state index contributed by atoms with van der Waals surface area (Å²) < 4.78 is 0. The van der Waals surface area contributed by atoms with Crippen molar-refractivity contribution in [3.05, 3.63) is 84.0 Å². The first-order valence-corrected chi connectivity index (χ1v) is 10.9. The third-order valence-corrected chi connectivity index (χ3v) is 5.82. The first-order valence-electron chi connectivity index (χ1n) is 10.9. The van der Waals surface area contributed by atoms with Gasteiger partial charge in [0.1, 0.15) is 11.6 Å². The first kappa shape index (κ1) is 18.6. The first-order chi connectivity index (χ1) is 16.8. The summed E-state index contributed by atoms with van der Waals surface area (Å²) in [5, 5.41) is 0. The molecule has 8 nitrogen and oxygen atoms in total. The number of hydrogen-bond donors (Lipinski definition) is 4. The summed E-state index contributed by atoms with van der Waals surface area (Å²) in [4.78, 5) is 32.2. The molecule has 8 bridgehead atoms. The van der Waals surface area contributed by atoms with Crippen LogP contribution in [-0.2, 0) is 0 Å². The molecule has 0 aliphatic carbocycles. The molecule has 0 saturated heterocycles. The van der Waals surface area contributed by atoms with E-state index in [1.807, 2.05) is 73.1 Å². The van der Waals surface area contributed by atoms with Crippen LogP contribution in [-0.4, -0.2) is 39.9 Å². The second-order valence-electron chi connectivity index (χ2n) is 8.11. The molecule has 0 radical (unpaired) electrons. The highest BCUT2D eigenvalue weighted by atomic mass is 14.9. The second kappa shape index (κ2) is 7.28. The summed E-state index contributed by atoms with van der Waals surface area (Å²) in [5.41, 5.74) is 9.00. The zero-order valence-corrected chi connectivity index (χ0v) is 17.9. The van der Waals surface area contributed by atoms with Gasteiger partial charge < -0.3 is 19.9 Å². The van der Waals surface area contributed by atoms with Crippen molar-refractivity contribution >= 4 is 46.4 Å². The van der Waals surface area contributed by atoms with Gasteiger partial charge in [-0.3, -0.25) is 0 Å². The Bertz CT molecular complexity index is 1620. The molecule has 0 aromatic carbocycles. The molecule has 7 heterocycles. The highest BCUT2D eigenvalue weighted by Crippen LogP contribution is 2.36. The minimum atomic E-state index is 0.743. The van der Waals surface area contributed by atoms with Gasteiger partial charge in [-0.15, -0.1) is 0 Å². The number of aromatic amines is 4. The Morgan fingerprint density at radius 1 is 0.529 bits per heavy atom. The van der Waals surface area contributed by atoms with Crippen LogP contribution in [0.25, 0.3) is 69.1 Å². The molecule has 7 rings (SSSR count). The number of nitrogens with zero attached hydrogens (tertiary/aromatic N) is 4. The van der Waals surface area contributed by atoms with Crippen LogP contribution in [0.3, 0.4) is 0 Å². The minimum Gasteiger partial charge on any atom is -0.355 e. The average Bonchev–Trinajstić information content (AvgIpc) is 3.65. The fourth-order valence-corrected chi connectivity index (χ4v) is 4.37. The van der Waals surface area contributed by atoms with Gasteiger partial charge in [-0.1, -0.05) is 0 Å². The fourth-order valence-electron chi connectivity index (χ4n) is 4.37. The number of hydrogen-bond acceptors (Lipinski definition) is 4. The van der Waals surface area contributed by atoms with E-state index in [1.165, 1.54) is 0 Å². The van der Waals surface area contributed by atoms with Crippen molar-refractivity contribution in [3.63, 3.8) is 0 Å². The van der Waals surface area contributed by atoms with Crippen molar-refractivity contribution < 1.29 is 0 Å². The second-order valence-corrected chi connectivity index (χ2v) is 8.11. The Labute approximate surface area is 193 Å². The summed E-state index contributed by atoms with van der Waals surface area (Å²) in [7, 11) is 0. The zero-order valence-electron chi connectivity index (χ0n) is 17.9. The summed E-state index contributed by atoms with van der Waals surface area (Å²) in [6.07, 6.45) is 15.2. The van der Waals surface area contributed by atoms with Crippen LogP contribution in [0.2, 0.25) is 0 Å². The smallest absolute Gasteiger partial charge is 0.140 e. The number of H-pyrrole nitrogens is 4. The molecule has 0 unspecified atom stereocenters. The molecule has 5 aromatic rings. The maximum absolute atomic E-state index is 4.80. The SMILES string of the molecule is C1=Cc2cc3[nH]c(cc4nc(cc5ccc(cc1n2)[nH]5)C=C4)c(-c1ncc[nH]1)c3-c1ncc[nH]1. The molecule has 5 aromatic heterocycles. The van der Waals surface area contributed by atoms with Crippen LogP contribution in [0.1, 0.15) is 22.8 Å². The Kier molecular flexibility index (Phi) is 3.98. The fraction of sp³-hybridized carbons (Fsp3) is 0. The van der Waals surface area contributed by atoms with E-state index in [4.69, 9.17) is 9.97 Å². The Hall–Kier alpha value is -4.98. The minimum absolute atomic E-state index is 0.743. The maximum atomic E-state index is 4.80. The molecular weight excluding hydrogens is 424 g/mol. The summed E-state index contributed by atoms with van der Waals surface area (Å²) in [6.45, 7) is 0. The Morgan fingerprint density at radius 2 is 1.00 bits per heavy atom. The number of fused-ring (bicyclic) bond motifs is 8. The van der Waals surface area contributed by atoms with Crippen LogP contribution in [0, 0.1) is 0 Å². The third kappa shape index (κ3) is 3.17. The van der Waals surface area contributed by atoms with E-state index in [1.54, 1.807) is 12.4 Å². The van der Waals surface area contributed by atoms with Crippen LogP contribution in [0.4, 0.5) is 0 Å². The number of imidazole rings is 2. The topological polar surface area (TPSA) is 115 Å². The van der Waals surface area contributed by atoms with Gasteiger partial charge in [0.05, 0.1) is 44.9 Å². The lowest BCUT2D eigenvalue weighted by Gasteiger charge is -2.00. The third-order valence-electron chi connectivity index (χ3n) is 5.82. The molecule has 0 amide bonds. The molecule has 0 spiro atoms. The number of nitrogens with one attached hydrogen (secondary N) is 4. The van der Waals surface area contributed by atoms with Gasteiger partial charge in [0.25, 0.3) is 0 Å². The van der Waals surface area contributed by atoms with Crippen molar-refractivity contribution in [2.45, 2.75) is 0 Å². The predicted octanol–water partition coefficient (Wildman–Crippen LogP) is 5.44. The number of aromatic nitrogens is 8. The van der Waals surface area contributed by atoms with E-state index >= 15 is 0 Å². The van der Waals surface area contributed by atoms with Gasteiger partial charge >= 0.3 is 0 Å². The molecule has 4 N–H and O–H groups in total. The molecular formula is C26H18N8. The van der Waals surface area contributed by atoms with E-state index in [0.717, 1.165) is 67.6 Å². The van der Waals surface area contributed by atoms with Crippen molar-refractivity contribution in [3.8, 4) is 22.8 Å². The van der Waals surface area contributed by atoms with E-state index in [2.05, 4.69) is 29.9 Å². The van der Waals surface area contributed by atoms with E-state index in [9.17, 15) is 0 Å². The molecule has 0 saturated carbocycles. The van der Waals surface area contributed by atoms with Gasteiger partial charge in [0.2, 0.25) is 0 Å². The summed E-state index contributed by atoms with van der Waals surface area (Å²) >= 11 is 0. The van der Waals surface area contributed by atoms with Gasteiger partial charge in [-0.25, -0.2) is 19.9 Å². The molecule has 0 atom stereocenters. The van der Waals surface area contributed by atoms with Gasteiger partial charge in [0.15, 0.2) is 0 Å². The van der Waals surface area contributed by atoms with E-state index in [-0.39, 0.29) is 0 Å². The maximum Gasteiger partial charge on any atom is 0.140 e. The normalized spacial score (nSPS) is 12.5. The Morgan fingerprint density at radius 3 is 1.44 bits per heavy atom. The van der Waals surface area contributed by atoms with Crippen LogP contribution in [0.5, 0.6) is 0 Å². The predicted molar refractivity (Wildman–Crippen MR) is 134 cm³/mol. The summed E-state index contributed by atoms with van der Waals surface area (Å²) in [6, 6.07) is 12.2. The largest absolute Gasteiger partial charge is 0.355 e. The summed E-state index contributed by atoms with van der Waals surface area (Å²) in [5.74, 6) is 1.49. The lowest BCUT2D eigenvalue weighted by atomic mass is 10.1. The van der Waals surface area contributed by atoms with Gasteiger partial charge in [-0.05, 0) is 60.7 Å². The lowest BCUT2D eigenvalue weighted by molar-refractivity contribution is 1.29. The number of rotatable bonds is 2. The van der Waals surface area contributed by atoms with Crippen molar-refractivity contribution in [1.29, 1.82) is 0 Å². The van der Waals surface area contributed by atoms with E-state index in [0.29, 0.717) is 0 Å². The van der Waals surface area contributed by atoms with Gasteiger partial charge in [0, 0.05) is 35.8 Å². The quantitative estimate of drug-likeness (QED) is 0.285.